The molecular weight excluding hydrogens is 333 g/mol. The normalized spacial score (nSPS) is 10.4. The minimum Gasteiger partial charge on any atom is -0.495 e. The zero-order valence-electron chi connectivity index (χ0n) is 13.2. The highest BCUT2D eigenvalue weighted by atomic mass is 35.5. The minimum absolute atomic E-state index is 0.0897. The van der Waals surface area contributed by atoms with Crippen LogP contribution in [0.2, 0.25) is 10.0 Å². The lowest BCUT2D eigenvalue weighted by atomic mass is 10.1. The van der Waals surface area contributed by atoms with Gasteiger partial charge in [-0.15, -0.1) is 0 Å². The zero-order chi connectivity index (χ0) is 16.8. The summed E-state index contributed by atoms with van der Waals surface area (Å²) in [5.74, 6) is 0.730. The Morgan fingerprint density at radius 3 is 2.35 bits per heavy atom. The van der Waals surface area contributed by atoms with Gasteiger partial charge in [0.2, 0.25) is 5.91 Å². The van der Waals surface area contributed by atoms with Crippen molar-refractivity contribution in [2.75, 3.05) is 14.2 Å². The summed E-state index contributed by atoms with van der Waals surface area (Å²) in [6.45, 7) is 0.569. The molecule has 122 valence electrons. The summed E-state index contributed by atoms with van der Waals surface area (Å²) in [6.07, 6.45) is 1.08. The maximum atomic E-state index is 12.2. The van der Waals surface area contributed by atoms with Crippen molar-refractivity contribution < 1.29 is 9.53 Å². The lowest BCUT2D eigenvalue weighted by Gasteiger charge is -2.17. The monoisotopic (exact) mass is 351 g/mol. The Morgan fingerprint density at radius 1 is 1.09 bits per heavy atom. The first-order valence-corrected chi connectivity index (χ1v) is 8.06. The average molecular weight is 352 g/mol. The zero-order valence-corrected chi connectivity index (χ0v) is 14.7. The molecule has 2 aromatic carbocycles. The fourth-order valence-electron chi connectivity index (χ4n) is 2.26. The molecule has 0 saturated carbocycles. The number of nitrogens with zero attached hydrogens (tertiary/aromatic N) is 1. The third-order valence-corrected chi connectivity index (χ3v) is 4.15. The first-order valence-electron chi connectivity index (χ1n) is 7.30. The van der Waals surface area contributed by atoms with Crippen LogP contribution in [0.1, 0.15) is 17.5 Å². The number of benzene rings is 2. The predicted molar refractivity (Wildman–Crippen MR) is 94.3 cm³/mol. The molecule has 0 spiro atoms. The van der Waals surface area contributed by atoms with Gasteiger partial charge in [-0.1, -0.05) is 41.4 Å². The number of ether oxygens (including phenoxy) is 1. The maximum absolute atomic E-state index is 12.2. The second-order valence-electron chi connectivity index (χ2n) is 5.35. The van der Waals surface area contributed by atoms with Crippen molar-refractivity contribution in [2.24, 2.45) is 0 Å². The second kappa shape index (κ2) is 8.23. The van der Waals surface area contributed by atoms with Crippen LogP contribution in [0.3, 0.4) is 0 Å². The van der Waals surface area contributed by atoms with Crippen molar-refractivity contribution in [3.63, 3.8) is 0 Å². The fourth-order valence-corrected chi connectivity index (χ4v) is 2.67. The first-order chi connectivity index (χ1) is 11.0. The predicted octanol–water partition coefficient (Wildman–Crippen LogP) is 4.59. The average Bonchev–Trinajstić information content (AvgIpc) is 2.54. The number of methoxy groups -OCH3 is 1. The first kappa shape index (κ1) is 17.6. The molecule has 0 aliphatic carbocycles. The Balaban J connectivity index is 1.88. The van der Waals surface area contributed by atoms with E-state index in [9.17, 15) is 4.79 Å². The summed E-state index contributed by atoms with van der Waals surface area (Å²) in [5, 5.41) is 1.26. The number of hydrogen-bond acceptors (Lipinski definition) is 2. The van der Waals surface area contributed by atoms with Gasteiger partial charge in [-0.25, -0.2) is 0 Å². The van der Waals surface area contributed by atoms with Gasteiger partial charge < -0.3 is 9.64 Å². The molecular formula is C18H19Cl2NO2. The van der Waals surface area contributed by atoms with E-state index in [0.29, 0.717) is 35.2 Å². The molecule has 3 nitrogen and oxygen atoms in total. The number of halogens is 2. The lowest BCUT2D eigenvalue weighted by molar-refractivity contribution is -0.130. The second-order valence-corrected chi connectivity index (χ2v) is 6.19. The molecule has 0 saturated heterocycles. The Morgan fingerprint density at radius 2 is 1.74 bits per heavy atom. The largest absolute Gasteiger partial charge is 0.495 e. The van der Waals surface area contributed by atoms with E-state index < -0.39 is 0 Å². The third kappa shape index (κ3) is 5.15. The van der Waals surface area contributed by atoms with Crippen LogP contribution in [-0.2, 0) is 17.8 Å². The van der Waals surface area contributed by atoms with Crippen molar-refractivity contribution >= 4 is 29.1 Å². The third-order valence-electron chi connectivity index (χ3n) is 3.60. The molecule has 2 aromatic rings. The highest BCUT2D eigenvalue weighted by Crippen LogP contribution is 2.25. The van der Waals surface area contributed by atoms with E-state index in [1.165, 1.54) is 0 Å². The summed E-state index contributed by atoms with van der Waals surface area (Å²) < 4.78 is 5.12. The van der Waals surface area contributed by atoms with Gasteiger partial charge in [-0.05, 0) is 41.8 Å². The molecule has 0 radical (unpaired) electrons. The number of aryl methyl sites for hydroxylation is 1. The highest BCUT2D eigenvalue weighted by molar-refractivity contribution is 6.32. The minimum atomic E-state index is 0.0897. The standard InChI is InChI=1S/C18H19Cl2NO2/c1-21(12-14-3-7-15(19)8-4-14)18(22)10-6-13-5-9-17(23-2)16(20)11-13/h3-5,7-9,11H,6,10,12H2,1-2H3. The maximum Gasteiger partial charge on any atom is 0.222 e. The number of carbonyl (C=O) groups is 1. The van der Waals surface area contributed by atoms with Crippen LogP contribution in [0.15, 0.2) is 42.5 Å². The molecule has 0 fully saturated rings. The van der Waals surface area contributed by atoms with Gasteiger partial charge in [-0.3, -0.25) is 4.79 Å². The van der Waals surface area contributed by atoms with Crippen LogP contribution >= 0.6 is 23.2 Å². The highest BCUT2D eigenvalue weighted by Gasteiger charge is 2.10. The summed E-state index contributed by atoms with van der Waals surface area (Å²) in [6, 6.07) is 13.1. The number of hydrogen-bond donors (Lipinski definition) is 0. The summed E-state index contributed by atoms with van der Waals surface area (Å²) in [4.78, 5) is 14.0. The van der Waals surface area contributed by atoms with E-state index in [2.05, 4.69) is 0 Å². The van der Waals surface area contributed by atoms with Gasteiger partial charge in [0.25, 0.3) is 0 Å². The smallest absolute Gasteiger partial charge is 0.222 e. The Kier molecular flexibility index (Phi) is 6.31. The van der Waals surface area contributed by atoms with E-state index in [0.717, 1.165) is 11.1 Å². The van der Waals surface area contributed by atoms with E-state index in [-0.39, 0.29) is 5.91 Å². The van der Waals surface area contributed by atoms with Crippen molar-refractivity contribution in [2.45, 2.75) is 19.4 Å². The molecule has 2 rings (SSSR count). The van der Waals surface area contributed by atoms with Crippen molar-refractivity contribution in [1.29, 1.82) is 0 Å². The van der Waals surface area contributed by atoms with Gasteiger partial charge in [0, 0.05) is 25.0 Å². The van der Waals surface area contributed by atoms with Gasteiger partial charge in [0.15, 0.2) is 0 Å². The van der Waals surface area contributed by atoms with Crippen LogP contribution < -0.4 is 4.74 Å². The molecule has 1 amide bonds. The van der Waals surface area contributed by atoms with Gasteiger partial charge in [0.1, 0.15) is 5.75 Å². The van der Waals surface area contributed by atoms with Gasteiger partial charge in [0.05, 0.1) is 12.1 Å². The van der Waals surface area contributed by atoms with Crippen LogP contribution in [0.25, 0.3) is 0 Å². The van der Waals surface area contributed by atoms with Gasteiger partial charge >= 0.3 is 0 Å². The molecule has 0 bridgehead atoms. The van der Waals surface area contributed by atoms with E-state index in [1.807, 2.05) is 42.5 Å². The molecule has 0 aromatic heterocycles. The van der Waals surface area contributed by atoms with E-state index >= 15 is 0 Å². The van der Waals surface area contributed by atoms with Crippen LogP contribution in [0.5, 0.6) is 5.75 Å². The quantitative estimate of drug-likeness (QED) is 0.761. The van der Waals surface area contributed by atoms with Crippen LogP contribution in [-0.4, -0.2) is 25.0 Å². The van der Waals surface area contributed by atoms with Crippen molar-refractivity contribution in [1.82, 2.24) is 4.90 Å². The van der Waals surface area contributed by atoms with E-state index in [4.69, 9.17) is 27.9 Å². The number of rotatable bonds is 6. The molecule has 23 heavy (non-hydrogen) atoms. The molecule has 0 aliphatic rings. The number of amides is 1. The molecule has 0 unspecified atom stereocenters. The number of carbonyl (C=O) groups excluding carboxylic acids is 1. The van der Waals surface area contributed by atoms with Crippen LogP contribution in [0.4, 0.5) is 0 Å². The molecule has 0 heterocycles. The Bertz CT molecular complexity index is 671. The molecule has 0 aliphatic heterocycles. The van der Waals surface area contributed by atoms with Crippen LogP contribution in [0, 0.1) is 0 Å². The molecule has 0 atom stereocenters. The molecule has 5 heteroatoms. The van der Waals surface area contributed by atoms with Crippen molar-refractivity contribution in [3.8, 4) is 5.75 Å². The van der Waals surface area contributed by atoms with Crippen molar-refractivity contribution in [3.05, 3.63) is 63.6 Å². The summed E-state index contributed by atoms with van der Waals surface area (Å²) in [5.41, 5.74) is 2.07. The molecule has 0 N–H and O–H groups in total. The summed E-state index contributed by atoms with van der Waals surface area (Å²) >= 11 is 12.0. The Labute approximate surface area is 146 Å². The van der Waals surface area contributed by atoms with E-state index in [1.54, 1.807) is 19.1 Å². The summed E-state index contributed by atoms with van der Waals surface area (Å²) in [7, 11) is 3.38. The Hall–Kier alpha value is -1.71. The topological polar surface area (TPSA) is 29.5 Å². The SMILES string of the molecule is COc1ccc(CCC(=O)N(C)Cc2ccc(Cl)cc2)cc1Cl. The fraction of sp³-hybridized carbons (Fsp3) is 0.278. The lowest BCUT2D eigenvalue weighted by Crippen LogP contribution is -2.26. The van der Waals surface area contributed by atoms with Gasteiger partial charge in [-0.2, -0.15) is 0 Å².